The number of carbonyl (C=O) groups is 1. The smallest absolute Gasteiger partial charge is 0.339 e. The predicted molar refractivity (Wildman–Crippen MR) is 62.5 cm³/mol. The standard InChI is InChI=1S/C9H13N3O4S/c1-17(15,16)12-5-4-11-8-2-3-10-6-7(8)9(13)14/h2-3,6,12H,4-5H2,1H3,(H,10,11)(H,13,14). The molecule has 0 aliphatic rings. The van der Waals surface area contributed by atoms with E-state index in [1.807, 2.05) is 0 Å². The Morgan fingerprint density at radius 2 is 2.18 bits per heavy atom. The number of nitrogens with one attached hydrogen (secondary N) is 2. The van der Waals surface area contributed by atoms with E-state index in [9.17, 15) is 13.2 Å². The summed E-state index contributed by atoms with van der Waals surface area (Å²) < 4.78 is 23.8. The molecule has 0 atom stereocenters. The van der Waals surface area contributed by atoms with E-state index in [1.165, 1.54) is 18.5 Å². The van der Waals surface area contributed by atoms with Gasteiger partial charge in [-0.1, -0.05) is 0 Å². The molecular weight excluding hydrogens is 246 g/mol. The number of rotatable bonds is 6. The highest BCUT2D eigenvalue weighted by Crippen LogP contribution is 2.12. The Balaban J connectivity index is 2.55. The van der Waals surface area contributed by atoms with Crippen LogP contribution in [-0.4, -0.2) is 43.8 Å². The Morgan fingerprint density at radius 3 is 2.76 bits per heavy atom. The summed E-state index contributed by atoms with van der Waals surface area (Å²) in [6, 6.07) is 1.52. The predicted octanol–water partition coefficient (Wildman–Crippen LogP) is -0.259. The second-order valence-electron chi connectivity index (χ2n) is 3.32. The van der Waals surface area contributed by atoms with Crippen LogP contribution >= 0.6 is 0 Å². The van der Waals surface area contributed by atoms with Crippen LogP contribution in [0, 0.1) is 0 Å². The number of nitrogens with zero attached hydrogens (tertiary/aromatic N) is 1. The number of anilines is 1. The number of aromatic nitrogens is 1. The maximum Gasteiger partial charge on any atom is 0.339 e. The first-order chi connectivity index (χ1) is 7.90. The minimum Gasteiger partial charge on any atom is -0.478 e. The lowest BCUT2D eigenvalue weighted by atomic mass is 10.2. The van der Waals surface area contributed by atoms with Crippen LogP contribution in [0.2, 0.25) is 0 Å². The fourth-order valence-electron chi connectivity index (χ4n) is 1.15. The number of pyridine rings is 1. The van der Waals surface area contributed by atoms with Gasteiger partial charge in [-0.05, 0) is 6.07 Å². The molecule has 0 aromatic carbocycles. The molecule has 7 nitrogen and oxygen atoms in total. The molecule has 0 spiro atoms. The van der Waals surface area contributed by atoms with Crippen molar-refractivity contribution in [2.75, 3.05) is 24.7 Å². The van der Waals surface area contributed by atoms with E-state index >= 15 is 0 Å². The molecule has 0 unspecified atom stereocenters. The monoisotopic (exact) mass is 259 g/mol. The second-order valence-corrected chi connectivity index (χ2v) is 5.15. The first-order valence-electron chi connectivity index (χ1n) is 4.76. The molecule has 0 bridgehead atoms. The normalized spacial score (nSPS) is 11.1. The molecule has 0 radical (unpaired) electrons. The summed E-state index contributed by atoms with van der Waals surface area (Å²) in [6.07, 6.45) is 3.75. The molecule has 0 saturated carbocycles. The largest absolute Gasteiger partial charge is 0.478 e. The van der Waals surface area contributed by atoms with Crippen molar-refractivity contribution >= 4 is 21.7 Å². The zero-order chi connectivity index (χ0) is 12.9. The number of hydrogen-bond acceptors (Lipinski definition) is 5. The van der Waals surface area contributed by atoms with Gasteiger partial charge in [0.15, 0.2) is 0 Å². The quantitative estimate of drug-likeness (QED) is 0.607. The van der Waals surface area contributed by atoms with Gasteiger partial charge in [0, 0.05) is 25.5 Å². The first kappa shape index (κ1) is 13.4. The van der Waals surface area contributed by atoms with Crippen molar-refractivity contribution in [2.24, 2.45) is 0 Å². The molecule has 3 N–H and O–H groups in total. The number of aromatic carboxylic acids is 1. The zero-order valence-electron chi connectivity index (χ0n) is 9.17. The summed E-state index contributed by atoms with van der Waals surface area (Å²) in [5.74, 6) is -1.09. The molecule has 1 heterocycles. The van der Waals surface area contributed by atoms with Crippen molar-refractivity contribution < 1.29 is 18.3 Å². The van der Waals surface area contributed by atoms with Gasteiger partial charge in [-0.15, -0.1) is 0 Å². The van der Waals surface area contributed by atoms with Gasteiger partial charge in [0.25, 0.3) is 0 Å². The third-order valence-corrected chi connectivity index (χ3v) is 2.58. The lowest BCUT2D eigenvalue weighted by Gasteiger charge is -2.08. The van der Waals surface area contributed by atoms with Crippen LogP contribution in [-0.2, 0) is 10.0 Å². The van der Waals surface area contributed by atoms with Gasteiger partial charge in [0.2, 0.25) is 10.0 Å². The molecule has 17 heavy (non-hydrogen) atoms. The van der Waals surface area contributed by atoms with Crippen molar-refractivity contribution in [1.29, 1.82) is 0 Å². The van der Waals surface area contributed by atoms with Crippen molar-refractivity contribution in [2.45, 2.75) is 0 Å². The second kappa shape index (κ2) is 5.60. The van der Waals surface area contributed by atoms with Crippen LogP contribution < -0.4 is 10.0 Å². The van der Waals surface area contributed by atoms with E-state index in [-0.39, 0.29) is 18.7 Å². The lowest BCUT2D eigenvalue weighted by Crippen LogP contribution is -2.27. The molecule has 1 rings (SSSR count). The van der Waals surface area contributed by atoms with Crippen LogP contribution in [0.25, 0.3) is 0 Å². The van der Waals surface area contributed by atoms with Crippen molar-refractivity contribution in [3.63, 3.8) is 0 Å². The van der Waals surface area contributed by atoms with Crippen molar-refractivity contribution in [3.05, 3.63) is 24.0 Å². The summed E-state index contributed by atoms with van der Waals surface area (Å²) in [5, 5.41) is 11.7. The molecule has 8 heteroatoms. The van der Waals surface area contributed by atoms with E-state index < -0.39 is 16.0 Å². The Bertz CT molecular complexity index is 501. The Kier molecular flexibility index (Phi) is 4.41. The maximum absolute atomic E-state index is 10.8. The summed E-state index contributed by atoms with van der Waals surface area (Å²) in [6.45, 7) is 0.470. The minimum atomic E-state index is -3.22. The molecule has 0 amide bonds. The van der Waals surface area contributed by atoms with E-state index in [2.05, 4.69) is 15.0 Å². The SMILES string of the molecule is CS(=O)(=O)NCCNc1ccncc1C(=O)O. The fraction of sp³-hybridized carbons (Fsp3) is 0.333. The van der Waals surface area contributed by atoms with Crippen molar-refractivity contribution in [1.82, 2.24) is 9.71 Å². The first-order valence-corrected chi connectivity index (χ1v) is 6.65. The van der Waals surface area contributed by atoms with Gasteiger partial charge in [-0.3, -0.25) is 4.98 Å². The summed E-state index contributed by atoms with van der Waals surface area (Å²) in [4.78, 5) is 14.5. The van der Waals surface area contributed by atoms with Crippen LogP contribution in [0.3, 0.4) is 0 Å². The Morgan fingerprint density at radius 1 is 1.47 bits per heavy atom. The molecule has 1 aromatic heterocycles. The minimum absolute atomic E-state index is 0.0480. The molecule has 1 aromatic rings. The van der Waals surface area contributed by atoms with Crippen LogP contribution in [0.1, 0.15) is 10.4 Å². The molecule has 0 aliphatic carbocycles. The summed E-state index contributed by atoms with van der Waals surface area (Å²) in [5.41, 5.74) is 0.453. The van der Waals surface area contributed by atoms with E-state index in [0.717, 1.165) is 6.26 Å². The van der Waals surface area contributed by atoms with E-state index in [4.69, 9.17) is 5.11 Å². The molecule has 0 fully saturated rings. The fourth-order valence-corrected chi connectivity index (χ4v) is 1.63. The number of hydrogen-bond donors (Lipinski definition) is 3. The van der Waals surface area contributed by atoms with Crippen LogP contribution in [0.5, 0.6) is 0 Å². The van der Waals surface area contributed by atoms with Gasteiger partial charge in [0.05, 0.1) is 11.9 Å². The Hall–Kier alpha value is -1.67. The third kappa shape index (κ3) is 4.79. The topological polar surface area (TPSA) is 108 Å². The molecule has 0 saturated heterocycles. The Labute approximate surface area is 98.9 Å². The molecule has 0 aliphatic heterocycles. The van der Waals surface area contributed by atoms with Crippen LogP contribution in [0.4, 0.5) is 5.69 Å². The van der Waals surface area contributed by atoms with Gasteiger partial charge in [-0.2, -0.15) is 0 Å². The highest BCUT2D eigenvalue weighted by molar-refractivity contribution is 7.88. The summed E-state index contributed by atoms with van der Waals surface area (Å²) in [7, 11) is -3.22. The average Bonchev–Trinajstić information content (AvgIpc) is 2.23. The number of sulfonamides is 1. The number of carboxylic acids is 1. The molecular formula is C9H13N3O4S. The van der Waals surface area contributed by atoms with E-state index in [0.29, 0.717) is 5.69 Å². The van der Waals surface area contributed by atoms with Gasteiger partial charge < -0.3 is 10.4 Å². The number of carboxylic acid groups (broad SMARTS) is 1. The molecule has 94 valence electrons. The van der Waals surface area contributed by atoms with Gasteiger partial charge >= 0.3 is 5.97 Å². The average molecular weight is 259 g/mol. The van der Waals surface area contributed by atoms with Crippen molar-refractivity contribution in [3.8, 4) is 0 Å². The van der Waals surface area contributed by atoms with Crippen LogP contribution in [0.15, 0.2) is 18.5 Å². The third-order valence-electron chi connectivity index (χ3n) is 1.86. The zero-order valence-corrected chi connectivity index (χ0v) is 9.99. The van der Waals surface area contributed by atoms with Gasteiger partial charge in [-0.25, -0.2) is 17.9 Å². The lowest BCUT2D eigenvalue weighted by molar-refractivity contribution is 0.0697. The van der Waals surface area contributed by atoms with E-state index in [1.54, 1.807) is 0 Å². The van der Waals surface area contributed by atoms with Gasteiger partial charge in [0.1, 0.15) is 5.56 Å². The summed E-state index contributed by atoms with van der Waals surface area (Å²) >= 11 is 0. The highest BCUT2D eigenvalue weighted by atomic mass is 32.2. The highest BCUT2D eigenvalue weighted by Gasteiger charge is 2.09. The maximum atomic E-state index is 10.8.